The van der Waals surface area contributed by atoms with Gasteiger partial charge in [-0.25, -0.2) is 8.42 Å². The van der Waals surface area contributed by atoms with Crippen molar-refractivity contribution in [1.82, 2.24) is 10.2 Å². The second-order valence-corrected chi connectivity index (χ2v) is 7.19. The van der Waals surface area contributed by atoms with E-state index in [0.717, 1.165) is 19.5 Å². The Morgan fingerprint density at radius 1 is 1.40 bits per heavy atom. The van der Waals surface area contributed by atoms with Gasteiger partial charge in [0.05, 0.1) is 22.3 Å². The topological polar surface area (TPSA) is 73.2 Å². The fourth-order valence-electron chi connectivity index (χ4n) is 2.32. The summed E-state index contributed by atoms with van der Waals surface area (Å²) in [7, 11) is -1.32. The van der Waals surface area contributed by atoms with Crippen molar-refractivity contribution in [2.75, 3.05) is 32.4 Å². The molecule has 5 nitrogen and oxygen atoms in total. The summed E-state index contributed by atoms with van der Waals surface area (Å²) in [6.07, 6.45) is 1.06. The Morgan fingerprint density at radius 3 is 2.65 bits per heavy atom. The zero-order valence-electron chi connectivity index (χ0n) is 11.5. The van der Waals surface area contributed by atoms with E-state index in [1.165, 1.54) is 24.3 Å². The van der Waals surface area contributed by atoms with Crippen LogP contribution in [0.4, 0.5) is 0 Å². The molecule has 1 N–H and O–H groups in total. The minimum atomic E-state index is -3.28. The number of benzene rings is 1. The monoisotopic (exact) mass is 293 g/mol. The average Bonchev–Trinajstić information content (AvgIpc) is 2.99. The van der Waals surface area contributed by atoms with Crippen molar-refractivity contribution in [3.8, 4) is 6.07 Å². The summed E-state index contributed by atoms with van der Waals surface area (Å²) < 4.78 is 24.5. The van der Waals surface area contributed by atoms with Gasteiger partial charge in [-0.05, 0) is 44.3 Å². The maximum atomic E-state index is 12.2. The summed E-state index contributed by atoms with van der Waals surface area (Å²) in [5, 5.41) is 12.0. The lowest BCUT2D eigenvalue weighted by Crippen LogP contribution is -2.36. The molecule has 1 atom stereocenters. The molecule has 1 aliphatic heterocycles. The number of nitrogens with zero attached hydrogens (tertiary/aromatic N) is 2. The SMILES string of the molecule is CN(CCS(=O)(=O)c1ccc(C#N)cc1)C1CCNC1. The highest BCUT2D eigenvalue weighted by Gasteiger charge is 2.21. The first-order valence-electron chi connectivity index (χ1n) is 6.67. The maximum Gasteiger partial charge on any atom is 0.179 e. The van der Waals surface area contributed by atoms with Crippen LogP contribution in [0.15, 0.2) is 29.2 Å². The van der Waals surface area contributed by atoms with Crippen molar-refractivity contribution in [2.45, 2.75) is 17.4 Å². The first-order valence-corrected chi connectivity index (χ1v) is 8.32. The maximum absolute atomic E-state index is 12.2. The second-order valence-electron chi connectivity index (χ2n) is 5.08. The Bertz CT molecular complexity index is 584. The number of hydrogen-bond donors (Lipinski definition) is 1. The molecule has 1 fully saturated rings. The summed E-state index contributed by atoms with van der Waals surface area (Å²) in [6, 6.07) is 8.49. The molecule has 1 unspecified atom stereocenters. The summed E-state index contributed by atoms with van der Waals surface area (Å²) in [5.41, 5.74) is 0.470. The third-order valence-electron chi connectivity index (χ3n) is 3.71. The molecular weight excluding hydrogens is 274 g/mol. The zero-order chi connectivity index (χ0) is 14.6. The van der Waals surface area contributed by atoms with Gasteiger partial charge in [-0.2, -0.15) is 5.26 Å². The van der Waals surface area contributed by atoms with E-state index in [-0.39, 0.29) is 10.6 Å². The lowest BCUT2D eigenvalue weighted by molar-refractivity contribution is 0.271. The first kappa shape index (κ1) is 15.0. The van der Waals surface area contributed by atoms with E-state index in [1.807, 2.05) is 13.1 Å². The van der Waals surface area contributed by atoms with Gasteiger partial charge in [0.25, 0.3) is 0 Å². The van der Waals surface area contributed by atoms with Crippen LogP contribution in [0, 0.1) is 11.3 Å². The fraction of sp³-hybridized carbons (Fsp3) is 0.500. The fourth-order valence-corrected chi connectivity index (χ4v) is 3.63. The molecule has 0 aliphatic carbocycles. The predicted octanol–water partition coefficient (Wildman–Crippen LogP) is 0.626. The lowest BCUT2D eigenvalue weighted by Gasteiger charge is -2.23. The van der Waals surface area contributed by atoms with Crippen LogP contribution in [0.1, 0.15) is 12.0 Å². The molecule has 1 saturated heterocycles. The molecule has 2 rings (SSSR count). The van der Waals surface area contributed by atoms with Gasteiger partial charge in [0.2, 0.25) is 0 Å². The van der Waals surface area contributed by atoms with Gasteiger partial charge >= 0.3 is 0 Å². The van der Waals surface area contributed by atoms with Crippen molar-refractivity contribution in [2.24, 2.45) is 0 Å². The zero-order valence-corrected chi connectivity index (χ0v) is 12.4. The first-order chi connectivity index (χ1) is 9.53. The number of nitrogens with one attached hydrogen (secondary N) is 1. The number of nitriles is 1. The molecular formula is C14H19N3O2S. The van der Waals surface area contributed by atoms with E-state index in [4.69, 9.17) is 5.26 Å². The Kier molecular flexibility index (Phi) is 4.76. The van der Waals surface area contributed by atoms with Gasteiger partial charge in [-0.1, -0.05) is 0 Å². The van der Waals surface area contributed by atoms with E-state index in [0.29, 0.717) is 18.2 Å². The molecule has 1 heterocycles. The molecule has 108 valence electrons. The Labute approximate surface area is 120 Å². The van der Waals surface area contributed by atoms with Crippen LogP contribution in [0.2, 0.25) is 0 Å². The van der Waals surface area contributed by atoms with Crippen molar-refractivity contribution in [3.05, 3.63) is 29.8 Å². The number of sulfone groups is 1. The van der Waals surface area contributed by atoms with Crippen LogP contribution < -0.4 is 5.32 Å². The predicted molar refractivity (Wildman–Crippen MR) is 77.1 cm³/mol. The van der Waals surface area contributed by atoms with Crippen LogP contribution in [-0.2, 0) is 9.84 Å². The van der Waals surface area contributed by atoms with E-state index in [9.17, 15) is 8.42 Å². The largest absolute Gasteiger partial charge is 0.315 e. The van der Waals surface area contributed by atoms with E-state index in [2.05, 4.69) is 10.2 Å². The lowest BCUT2D eigenvalue weighted by atomic mass is 10.2. The normalized spacial score (nSPS) is 19.1. The molecule has 0 spiro atoms. The van der Waals surface area contributed by atoms with Crippen molar-refractivity contribution in [1.29, 1.82) is 5.26 Å². The van der Waals surface area contributed by atoms with Gasteiger partial charge < -0.3 is 10.2 Å². The number of rotatable bonds is 5. The quantitative estimate of drug-likeness (QED) is 0.862. The smallest absolute Gasteiger partial charge is 0.179 e. The third-order valence-corrected chi connectivity index (χ3v) is 5.42. The van der Waals surface area contributed by atoms with E-state index < -0.39 is 9.84 Å². The van der Waals surface area contributed by atoms with Gasteiger partial charge in [-0.15, -0.1) is 0 Å². The van der Waals surface area contributed by atoms with Crippen LogP contribution >= 0.6 is 0 Å². The third kappa shape index (κ3) is 3.57. The van der Waals surface area contributed by atoms with E-state index >= 15 is 0 Å². The van der Waals surface area contributed by atoms with Gasteiger partial charge in [0.1, 0.15) is 0 Å². The van der Waals surface area contributed by atoms with Crippen LogP contribution in [0.5, 0.6) is 0 Å². The van der Waals surface area contributed by atoms with Crippen molar-refractivity contribution >= 4 is 9.84 Å². The second kappa shape index (κ2) is 6.35. The standard InChI is InChI=1S/C14H19N3O2S/c1-17(13-6-7-16-11-13)8-9-20(18,19)14-4-2-12(10-15)3-5-14/h2-5,13,16H,6-9,11H2,1H3. The van der Waals surface area contributed by atoms with Crippen LogP contribution in [-0.4, -0.2) is 51.8 Å². The Hall–Kier alpha value is -1.42. The van der Waals surface area contributed by atoms with Crippen molar-refractivity contribution in [3.63, 3.8) is 0 Å². The van der Waals surface area contributed by atoms with Crippen LogP contribution in [0.3, 0.4) is 0 Å². The molecule has 0 bridgehead atoms. The number of likely N-dealkylation sites (N-methyl/N-ethyl adjacent to an activating group) is 1. The summed E-state index contributed by atoms with van der Waals surface area (Å²) in [5.74, 6) is 0.103. The Balaban J connectivity index is 1.97. The van der Waals surface area contributed by atoms with Crippen molar-refractivity contribution < 1.29 is 8.42 Å². The molecule has 0 aromatic heterocycles. The van der Waals surface area contributed by atoms with Crippen LogP contribution in [0.25, 0.3) is 0 Å². The van der Waals surface area contributed by atoms with Gasteiger partial charge in [0.15, 0.2) is 9.84 Å². The number of hydrogen-bond acceptors (Lipinski definition) is 5. The molecule has 1 aromatic carbocycles. The Morgan fingerprint density at radius 2 is 2.10 bits per heavy atom. The molecule has 1 aromatic rings. The minimum absolute atomic E-state index is 0.103. The minimum Gasteiger partial charge on any atom is -0.315 e. The summed E-state index contributed by atoms with van der Waals surface area (Å²) in [6.45, 7) is 2.44. The molecule has 0 amide bonds. The molecule has 20 heavy (non-hydrogen) atoms. The average molecular weight is 293 g/mol. The highest BCUT2D eigenvalue weighted by molar-refractivity contribution is 7.91. The van der Waals surface area contributed by atoms with E-state index in [1.54, 1.807) is 0 Å². The summed E-state index contributed by atoms with van der Waals surface area (Å²) >= 11 is 0. The molecule has 0 saturated carbocycles. The highest BCUT2D eigenvalue weighted by Crippen LogP contribution is 2.13. The molecule has 6 heteroatoms. The summed E-state index contributed by atoms with van der Waals surface area (Å²) in [4.78, 5) is 2.38. The van der Waals surface area contributed by atoms with Gasteiger partial charge in [0, 0.05) is 19.1 Å². The van der Waals surface area contributed by atoms with Gasteiger partial charge in [-0.3, -0.25) is 0 Å². The molecule has 1 aliphatic rings. The molecule has 0 radical (unpaired) electrons. The highest BCUT2D eigenvalue weighted by atomic mass is 32.2.